The summed E-state index contributed by atoms with van der Waals surface area (Å²) in [5.74, 6) is -2.92. The average Bonchev–Trinajstić information content (AvgIpc) is 3.14. The molecule has 2 fully saturated rings. The molecule has 2 aromatic rings. The number of esters is 1. The highest BCUT2D eigenvalue weighted by atomic mass is 16.8. The van der Waals surface area contributed by atoms with E-state index in [2.05, 4.69) is 0 Å². The van der Waals surface area contributed by atoms with Gasteiger partial charge in [-0.05, 0) is 54.1 Å². The van der Waals surface area contributed by atoms with Crippen LogP contribution < -0.4 is 10.2 Å². The lowest BCUT2D eigenvalue weighted by atomic mass is 9.97. The molecule has 0 amide bonds. The van der Waals surface area contributed by atoms with Crippen molar-refractivity contribution in [3.63, 3.8) is 0 Å². The molecule has 6 rings (SSSR count). The third kappa shape index (κ3) is 7.97. The Labute approximate surface area is 304 Å². The second-order valence-corrected chi connectivity index (χ2v) is 12.5. The first-order valence-corrected chi connectivity index (χ1v) is 16.4. The van der Waals surface area contributed by atoms with Gasteiger partial charge in [-0.1, -0.05) is 6.07 Å². The van der Waals surface area contributed by atoms with Crippen LogP contribution in [0.4, 0.5) is 0 Å². The lowest BCUT2D eigenvalue weighted by molar-refractivity contribution is -0.358. The van der Waals surface area contributed by atoms with Crippen LogP contribution in [0.2, 0.25) is 0 Å². The molecule has 18 nitrogen and oxygen atoms in total. The smallest absolute Gasteiger partial charge is 0.331 e. The van der Waals surface area contributed by atoms with E-state index in [9.17, 15) is 60.7 Å². The Bertz CT molecular complexity index is 1990. The molecular formula is C36H36O18. The molecule has 18 heteroatoms. The van der Waals surface area contributed by atoms with E-state index >= 15 is 0 Å². The first kappa shape index (κ1) is 38.4. The minimum atomic E-state index is -1.96. The first-order valence-electron chi connectivity index (χ1n) is 16.4. The number of benzene rings is 3. The number of fused-ring (bicyclic) bond motifs is 1. The number of hydrogen-bond acceptors (Lipinski definition) is 18. The van der Waals surface area contributed by atoms with Crippen LogP contribution in [-0.4, -0.2) is 132 Å². The summed E-state index contributed by atoms with van der Waals surface area (Å²) < 4.78 is 34.9. The molecule has 0 aromatic heterocycles. The van der Waals surface area contributed by atoms with Gasteiger partial charge in [0.05, 0.1) is 18.8 Å². The Hall–Kier alpha value is -5.28. The zero-order valence-corrected chi connectivity index (χ0v) is 27.9. The molecule has 10 N–H and O–H groups in total. The van der Waals surface area contributed by atoms with Crippen molar-refractivity contribution in [3.05, 3.63) is 82.5 Å². The number of aromatic hydroxyl groups is 4. The number of carbonyl (C=O) groups is 1. The molecule has 288 valence electrons. The van der Waals surface area contributed by atoms with Gasteiger partial charge in [0.2, 0.25) is 6.29 Å². The van der Waals surface area contributed by atoms with E-state index in [4.69, 9.17) is 28.1 Å². The largest absolute Gasteiger partial charge is 0.508 e. The normalized spacial score (nSPS) is 28.6. The van der Waals surface area contributed by atoms with Gasteiger partial charge in [0, 0.05) is 23.8 Å². The van der Waals surface area contributed by atoms with E-state index in [0.717, 1.165) is 24.3 Å². The van der Waals surface area contributed by atoms with Crippen LogP contribution in [0.3, 0.4) is 0 Å². The maximum absolute atomic E-state index is 12.9. The Morgan fingerprint density at radius 3 is 2.02 bits per heavy atom. The van der Waals surface area contributed by atoms with E-state index < -0.39 is 103 Å². The summed E-state index contributed by atoms with van der Waals surface area (Å²) in [6.07, 6.45) is -15.8. The second-order valence-electron chi connectivity index (χ2n) is 12.5. The number of phenolic OH excluding ortho intramolecular Hbond substituents is 4. The molecule has 2 aromatic carbocycles. The summed E-state index contributed by atoms with van der Waals surface area (Å²) in [5.41, 5.74) is -0.0260. The molecule has 0 radical (unpaired) electrons. The Balaban J connectivity index is 1.35. The Morgan fingerprint density at radius 2 is 1.37 bits per heavy atom. The monoisotopic (exact) mass is 756 g/mol. The second kappa shape index (κ2) is 16.0. The van der Waals surface area contributed by atoms with Gasteiger partial charge in [0.25, 0.3) is 0 Å². The average molecular weight is 757 g/mol. The molecular weight excluding hydrogens is 720 g/mol. The summed E-state index contributed by atoms with van der Waals surface area (Å²) in [7, 11) is 0. The zero-order chi connectivity index (χ0) is 38.8. The van der Waals surface area contributed by atoms with Crippen LogP contribution in [0.1, 0.15) is 5.56 Å². The molecule has 0 bridgehead atoms. The minimum absolute atomic E-state index is 0.000700. The Kier molecular flexibility index (Phi) is 11.4. The lowest BCUT2D eigenvalue weighted by Gasteiger charge is -2.46. The van der Waals surface area contributed by atoms with Gasteiger partial charge < -0.3 is 79.2 Å². The summed E-state index contributed by atoms with van der Waals surface area (Å²) in [6, 6.07) is 12.5. The van der Waals surface area contributed by atoms with Crippen molar-refractivity contribution in [3.8, 4) is 51.4 Å². The molecule has 3 heterocycles. The summed E-state index contributed by atoms with van der Waals surface area (Å²) >= 11 is 0. The van der Waals surface area contributed by atoms with Crippen molar-refractivity contribution in [2.45, 2.75) is 61.4 Å². The molecule has 1 aliphatic carbocycles. The summed E-state index contributed by atoms with van der Waals surface area (Å²) in [6.45, 7) is -1.68. The first-order chi connectivity index (χ1) is 25.8. The van der Waals surface area contributed by atoms with Crippen LogP contribution in [0.15, 0.2) is 76.0 Å². The molecule has 0 saturated carbocycles. The number of aliphatic hydroxyl groups is 6. The molecule has 54 heavy (non-hydrogen) atoms. The van der Waals surface area contributed by atoms with E-state index in [0.29, 0.717) is 0 Å². The van der Waals surface area contributed by atoms with Crippen LogP contribution >= 0.6 is 0 Å². The third-order valence-electron chi connectivity index (χ3n) is 8.78. The fraction of sp³-hybridized carbons (Fsp3) is 0.333. The van der Waals surface area contributed by atoms with Crippen molar-refractivity contribution in [1.29, 1.82) is 0 Å². The minimum Gasteiger partial charge on any atom is -0.508 e. The highest BCUT2D eigenvalue weighted by molar-refractivity contribution is 5.87. The van der Waals surface area contributed by atoms with Crippen molar-refractivity contribution in [2.24, 2.45) is 0 Å². The third-order valence-corrected chi connectivity index (χ3v) is 8.78. The standard InChI is InChI=1S/C36H36O18/c37-13-25-29(46)31(48)34(35(51-25)50-24-12-19-21(42)10-18(40)11-23(19)49-32(24)16-3-5-17(39)6-4-16)54-36-33(30(47)28(45)26(14-38)52-36)53-27(44)8-2-15-1-7-20(41)22(43)9-15/h1-12,25-26,28-31,33-39,41-43,45-48H,13-14H2/t25-,26+,28+,29-,30-,31-,33+,34+,35+,36-/m0/s1. The maximum Gasteiger partial charge on any atom is 0.331 e. The quantitative estimate of drug-likeness (QED) is 0.0554. The fourth-order valence-corrected chi connectivity index (χ4v) is 5.92. The molecule has 4 aliphatic rings. The number of ether oxygens (including phenoxy) is 5. The number of rotatable bonds is 10. The SMILES string of the molecule is O=C(C=Cc1ccc(O)c(O)c1)O[C@H]1[C@H](O[C@H]2[C@H](Oc3cc4c(O)cc(=O)cc-4oc3-c3ccc(O)cc3)O[C@@H](CO)[C@H](O)[C@@H]2O)O[C@H](CO)[C@@H](O)[C@@H]1O. The van der Waals surface area contributed by atoms with Gasteiger partial charge in [-0.3, -0.25) is 4.79 Å². The van der Waals surface area contributed by atoms with Crippen molar-refractivity contribution in [2.75, 3.05) is 13.2 Å². The van der Waals surface area contributed by atoms with E-state index in [1.807, 2.05) is 0 Å². The van der Waals surface area contributed by atoms with Crippen LogP contribution in [0, 0.1) is 0 Å². The molecule has 3 aliphatic heterocycles. The highest BCUT2D eigenvalue weighted by Crippen LogP contribution is 2.42. The predicted molar refractivity (Wildman–Crippen MR) is 180 cm³/mol. The number of hydrogen-bond donors (Lipinski definition) is 10. The van der Waals surface area contributed by atoms with Gasteiger partial charge >= 0.3 is 5.97 Å². The van der Waals surface area contributed by atoms with Crippen LogP contribution in [0.25, 0.3) is 28.7 Å². The van der Waals surface area contributed by atoms with Gasteiger partial charge in [-0.25, -0.2) is 4.79 Å². The van der Waals surface area contributed by atoms with Gasteiger partial charge in [-0.15, -0.1) is 0 Å². The maximum atomic E-state index is 12.9. The van der Waals surface area contributed by atoms with Gasteiger partial charge in [0.15, 0.2) is 46.9 Å². The van der Waals surface area contributed by atoms with E-state index in [1.54, 1.807) is 0 Å². The van der Waals surface area contributed by atoms with Crippen molar-refractivity contribution in [1.82, 2.24) is 0 Å². The molecule has 2 saturated heterocycles. The Morgan fingerprint density at radius 1 is 0.722 bits per heavy atom. The van der Waals surface area contributed by atoms with Crippen LogP contribution in [-0.2, 0) is 23.7 Å². The lowest BCUT2D eigenvalue weighted by Crippen LogP contribution is -2.65. The van der Waals surface area contributed by atoms with Crippen LogP contribution in [0.5, 0.6) is 28.7 Å². The summed E-state index contributed by atoms with van der Waals surface area (Å²) in [5, 5.41) is 103. The van der Waals surface area contributed by atoms with Gasteiger partial charge in [-0.2, -0.15) is 0 Å². The number of carbonyl (C=O) groups excluding carboxylic acids is 1. The fourth-order valence-electron chi connectivity index (χ4n) is 5.92. The van der Waals surface area contributed by atoms with Gasteiger partial charge in [0.1, 0.15) is 53.9 Å². The number of aliphatic hydroxyl groups excluding tert-OH is 6. The number of phenols is 4. The zero-order valence-electron chi connectivity index (χ0n) is 27.9. The topological polar surface area (TPSA) is 296 Å². The van der Waals surface area contributed by atoms with Crippen molar-refractivity contribution < 1.29 is 84.0 Å². The summed E-state index contributed by atoms with van der Waals surface area (Å²) in [4.78, 5) is 25.1. The van der Waals surface area contributed by atoms with Crippen molar-refractivity contribution >= 4 is 12.0 Å². The predicted octanol–water partition coefficient (Wildman–Crippen LogP) is -0.499. The highest BCUT2D eigenvalue weighted by Gasteiger charge is 2.53. The molecule has 0 spiro atoms. The molecule has 0 unspecified atom stereocenters. The van der Waals surface area contributed by atoms with E-state index in [1.165, 1.54) is 48.5 Å². The van der Waals surface area contributed by atoms with E-state index in [-0.39, 0.29) is 39.7 Å². The molecule has 10 atom stereocenters.